The summed E-state index contributed by atoms with van der Waals surface area (Å²) >= 11 is 0. The number of carbonyl (C=O) groups excluding carboxylic acids is 4. The minimum Gasteiger partial charge on any atom is -0.664 e. The molecule has 0 aromatic carbocycles. The second-order valence-electron chi connectivity index (χ2n) is 20.2. The van der Waals surface area contributed by atoms with Gasteiger partial charge in [0.15, 0.2) is 11.6 Å². The number of ketones is 2. The van der Waals surface area contributed by atoms with Gasteiger partial charge in [0.2, 0.25) is 0 Å². The van der Waals surface area contributed by atoms with Crippen molar-refractivity contribution in [2.45, 2.75) is 153 Å². The van der Waals surface area contributed by atoms with E-state index < -0.39 is 11.9 Å². The van der Waals surface area contributed by atoms with Gasteiger partial charge in [0.05, 0.1) is 7.11 Å². The van der Waals surface area contributed by atoms with Crippen molar-refractivity contribution in [2.75, 3.05) is 13.7 Å². The van der Waals surface area contributed by atoms with Crippen molar-refractivity contribution < 1.29 is 28.7 Å². The fraction of sp³-hybridized carbons (Fsp3) is 0.600. The molecule has 3 aliphatic heterocycles. The van der Waals surface area contributed by atoms with E-state index in [1.165, 1.54) is 57.6 Å². The van der Waals surface area contributed by atoms with Crippen LogP contribution in [-0.4, -0.2) is 60.3 Å². The van der Waals surface area contributed by atoms with Crippen molar-refractivity contribution in [3.05, 3.63) is 84.8 Å². The number of ether oxygens (including phenoxy) is 2. The molecule has 4 aliphatic rings. The average molecular weight is 913 g/mol. The topological polar surface area (TPSA) is 141 Å². The van der Waals surface area contributed by atoms with Crippen LogP contribution in [0.3, 0.4) is 0 Å². The van der Waals surface area contributed by atoms with Gasteiger partial charge in [-0.15, -0.1) is 22.8 Å². The molecule has 2 aromatic rings. The zero-order valence-corrected chi connectivity index (χ0v) is 43.5. The second-order valence-corrected chi connectivity index (χ2v) is 20.2. The summed E-state index contributed by atoms with van der Waals surface area (Å²) in [5.41, 5.74) is 9.59. The van der Waals surface area contributed by atoms with Crippen molar-refractivity contribution in [3.63, 3.8) is 0 Å². The van der Waals surface area contributed by atoms with E-state index in [2.05, 4.69) is 60.7 Å². The summed E-state index contributed by atoms with van der Waals surface area (Å²) in [6, 6.07) is 0. The van der Waals surface area contributed by atoms with Crippen molar-refractivity contribution in [1.29, 1.82) is 0 Å². The molecule has 0 radical (unpaired) electrons. The number of nitrogens with zero attached hydrogens (tertiary/aromatic N) is 3. The maximum absolute atomic E-state index is 14.4. The number of nitrogens with one attached hydrogen (secondary N) is 1. The van der Waals surface area contributed by atoms with Gasteiger partial charge in [0, 0.05) is 40.8 Å². The van der Waals surface area contributed by atoms with Gasteiger partial charge in [-0.05, 0) is 88.2 Å². The Bertz CT molecular complexity index is 2280. The molecule has 354 valence electrons. The molecule has 0 amide bonds. The largest absolute Gasteiger partial charge is 2.00 e. The van der Waals surface area contributed by atoms with Crippen molar-refractivity contribution >= 4 is 70.4 Å². The summed E-state index contributed by atoms with van der Waals surface area (Å²) in [7, 11) is 1.29. The molecule has 2 saturated heterocycles. The smallest absolute Gasteiger partial charge is 0.664 e. The first-order valence-corrected chi connectivity index (χ1v) is 24.6. The predicted molar refractivity (Wildman–Crippen MR) is 266 cm³/mol. The van der Waals surface area contributed by atoms with Crippen LogP contribution >= 0.6 is 0 Å². The van der Waals surface area contributed by atoms with Crippen molar-refractivity contribution in [2.24, 2.45) is 47.3 Å². The number of esters is 2. The molecular formula is C55H75MgN4O6-. The second kappa shape index (κ2) is 23.3. The molecular weight excluding hydrogens is 837 g/mol. The fourth-order valence-corrected chi connectivity index (χ4v) is 10.7. The maximum Gasteiger partial charge on any atom is 2.00 e. The monoisotopic (exact) mass is 912 g/mol. The minimum atomic E-state index is -1.21. The third kappa shape index (κ3) is 11.8. The normalized spacial score (nSPS) is 25.5. The van der Waals surface area contributed by atoms with Gasteiger partial charge in [-0.3, -0.25) is 19.2 Å². The molecule has 0 saturated carbocycles. The van der Waals surface area contributed by atoms with Gasteiger partial charge < -0.3 is 30.1 Å². The number of aromatic nitrogens is 2. The van der Waals surface area contributed by atoms with E-state index in [0.717, 1.165) is 53.8 Å². The van der Waals surface area contributed by atoms with Crippen LogP contribution in [0.1, 0.15) is 194 Å². The summed E-state index contributed by atoms with van der Waals surface area (Å²) in [5, 5.41) is 8.72. The van der Waals surface area contributed by atoms with Crippen LogP contribution in [-0.2, 0) is 19.1 Å². The summed E-state index contributed by atoms with van der Waals surface area (Å²) in [4.78, 5) is 64.8. The Morgan fingerprint density at radius 1 is 0.803 bits per heavy atom. The van der Waals surface area contributed by atoms with E-state index in [0.29, 0.717) is 63.1 Å². The maximum atomic E-state index is 14.4. The molecule has 10 nitrogen and oxygen atoms in total. The van der Waals surface area contributed by atoms with Gasteiger partial charge in [-0.25, -0.2) is 0 Å². The summed E-state index contributed by atoms with van der Waals surface area (Å²) in [6.07, 6.45) is 20.5. The van der Waals surface area contributed by atoms with E-state index >= 15 is 0 Å². The predicted octanol–water partition coefficient (Wildman–Crippen LogP) is 12.1. The van der Waals surface area contributed by atoms with E-state index in [-0.39, 0.29) is 77.3 Å². The SMILES string of the molecule is CC[C@H]1/C2=C/c3[n-]c4c(c3C)C(=O)[C@H](C(=O)OC)/C4=C3/N/C(=C\c4[n-]c(c(C(C)=O)c4C)/C=C(\[N-]2)[C@@H]1C)[C@@H](C)[C@@H]3CCC(=O)OC/C=C(\C)CCC[C@H](C)CCC[C@H](C)CCCC(C)C.[Mg+2]. The quantitative estimate of drug-likeness (QED) is 0.0452. The zero-order valence-electron chi connectivity index (χ0n) is 42.1. The third-order valence-electron chi connectivity index (χ3n) is 14.8. The average Bonchev–Trinajstić information content (AvgIpc) is 4.00. The van der Waals surface area contributed by atoms with E-state index in [1.54, 1.807) is 6.92 Å². The molecule has 11 heteroatoms. The van der Waals surface area contributed by atoms with Gasteiger partial charge in [0.25, 0.3) is 0 Å². The first kappa shape index (κ1) is 52.9. The van der Waals surface area contributed by atoms with Gasteiger partial charge in [0.1, 0.15) is 12.5 Å². The number of hydrogen-bond donors (Lipinski definition) is 1. The number of rotatable bonds is 20. The van der Waals surface area contributed by atoms with Crippen LogP contribution in [0.5, 0.6) is 0 Å². The van der Waals surface area contributed by atoms with Crippen LogP contribution in [0.4, 0.5) is 0 Å². The molecule has 2 aromatic heterocycles. The number of Topliss-reactive ketones (excluding diaryl/α,β-unsaturated/α-hetero) is 2. The van der Waals surface area contributed by atoms with Crippen LogP contribution < -0.4 is 15.3 Å². The molecule has 6 rings (SSSR count). The Hall–Kier alpha value is -4.09. The van der Waals surface area contributed by atoms with Crippen LogP contribution in [0.2, 0.25) is 0 Å². The Morgan fingerprint density at radius 3 is 2.08 bits per heavy atom. The third-order valence-corrected chi connectivity index (χ3v) is 14.8. The Kier molecular flexibility index (Phi) is 18.6. The number of fused-ring (bicyclic) bond motifs is 7. The zero-order chi connectivity index (χ0) is 47.3. The molecule has 0 unspecified atom stereocenters. The van der Waals surface area contributed by atoms with E-state index in [1.807, 2.05) is 38.2 Å². The Morgan fingerprint density at radius 2 is 1.44 bits per heavy atom. The van der Waals surface area contributed by atoms with Crippen LogP contribution in [0.25, 0.3) is 29.1 Å². The molecule has 8 bridgehead atoms. The van der Waals surface area contributed by atoms with E-state index in [9.17, 15) is 19.2 Å². The standard InChI is InChI=1S/C55H77N4O6.Mg/c1-13-39-34(7)41-29-46-48(38(11)60)36(9)43(57-46)27-42-35(8)40(52(58-42)50-51(55(63)64-12)54(62)49-37(10)44(59-53(49)50)28-45(39)56-41)23-24-47(61)65-26-25-33(6)22-16-21-32(5)20-15-19-31(4)18-14-17-30(2)3;/h25,27-32,34-35,39-40,51H,13-24,26H2,1-12H3,(H3-,56,57,58,59,60,62);/q-1;+2/p-2/b33-25+,42-27-,45-28-;/t31-,32-,34-,35+,39-,40+,51-;/m1./s1. The number of carbonyl (C=O) groups is 4. The summed E-state index contributed by atoms with van der Waals surface area (Å²) < 4.78 is 11.1. The summed E-state index contributed by atoms with van der Waals surface area (Å²) in [5.74, 6) is -0.645. The van der Waals surface area contributed by atoms with Crippen molar-refractivity contribution in [3.8, 4) is 0 Å². The Labute approximate surface area is 411 Å². The van der Waals surface area contributed by atoms with Gasteiger partial charge in [-0.2, -0.15) is 11.4 Å². The molecule has 1 N–H and O–H groups in total. The van der Waals surface area contributed by atoms with E-state index in [4.69, 9.17) is 24.8 Å². The molecule has 7 atom stereocenters. The molecule has 0 spiro atoms. The van der Waals surface area contributed by atoms with Gasteiger partial charge >= 0.3 is 35.0 Å². The Balaban J connectivity index is 0.00000817. The van der Waals surface area contributed by atoms with Crippen LogP contribution in [0, 0.1) is 61.2 Å². The van der Waals surface area contributed by atoms with Crippen molar-refractivity contribution in [1.82, 2.24) is 15.3 Å². The molecule has 2 fully saturated rings. The number of allylic oxidation sites excluding steroid dienone is 5. The van der Waals surface area contributed by atoms with Gasteiger partial charge in [-0.1, -0.05) is 135 Å². The molecule has 1 aliphatic carbocycles. The molecule has 5 heterocycles. The fourth-order valence-electron chi connectivity index (χ4n) is 10.7. The minimum absolute atomic E-state index is 0. The first-order chi connectivity index (χ1) is 30.9. The number of hydrogen-bond acceptors (Lipinski definition) is 7. The number of methoxy groups -OCH3 is 1. The molecule has 66 heavy (non-hydrogen) atoms. The summed E-state index contributed by atoms with van der Waals surface area (Å²) in [6.45, 7) is 23.4. The van der Waals surface area contributed by atoms with Crippen LogP contribution in [0.15, 0.2) is 34.4 Å². The first-order valence-electron chi connectivity index (χ1n) is 24.6.